The van der Waals surface area contributed by atoms with E-state index in [2.05, 4.69) is 9.97 Å². The normalized spacial score (nSPS) is 10.5. The highest BCUT2D eigenvalue weighted by molar-refractivity contribution is 6.29. The molecule has 0 spiro atoms. The Bertz CT molecular complexity index is 1500. The number of imidazole rings is 1. The predicted molar refractivity (Wildman–Crippen MR) is 142 cm³/mol. The SMILES string of the molecule is COc1cc(F)c(-n2c(Cl)nc(C)c2-c2ccc(Cl)nc2)c(F)c1.Oc1ccccc1-c1ccccc1. The average Bonchev–Trinajstić information content (AvgIpc) is 3.18. The highest BCUT2D eigenvalue weighted by Gasteiger charge is 2.23. The van der Waals surface area contributed by atoms with Crippen LogP contribution in [-0.2, 0) is 0 Å². The van der Waals surface area contributed by atoms with Gasteiger partial charge in [-0.05, 0) is 42.3 Å². The lowest BCUT2D eigenvalue weighted by molar-refractivity contribution is 0.406. The largest absolute Gasteiger partial charge is 0.507 e. The van der Waals surface area contributed by atoms with Gasteiger partial charge in [0.1, 0.15) is 22.3 Å². The molecule has 5 nitrogen and oxygen atoms in total. The zero-order chi connectivity index (χ0) is 26.5. The van der Waals surface area contributed by atoms with Crippen molar-refractivity contribution in [2.75, 3.05) is 7.11 Å². The minimum atomic E-state index is -0.825. The molecule has 188 valence electrons. The van der Waals surface area contributed by atoms with Crippen LogP contribution in [0.4, 0.5) is 8.78 Å². The van der Waals surface area contributed by atoms with Crippen molar-refractivity contribution < 1.29 is 18.6 Å². The smallest absolute Gasteiger partial charge is 0.208 e. The summed E-state index contributed by atoms with van der Waals surface area (Å²) in [5.74, 6) is -1.26. The Kier molecular flexibility index (Phi) is 8.06. The molecule has 5 aromatic rings. The zero-order valence-corrected chi connectivity index (χ0v) is 21.3. The first-order valence-electron chi connectivity index (χ1n) is 11.0. The number of methoxy groups -OCH3 is 1. The Morgan fingerprint density at radius 1 is 0.865 bits per heavy atom. The highest BCUT2D eigenvalue weighted by atomic mass is 35.5. The molecule has 0 fully saturated rings. The molecule has 0 aliphatic carbocycles. The topological polar surface area (TPSA) is 60.2 Å². The van der Waals surface area contributed by atoms with Gasteiger partial charge >= 0.3 is 0 Å². The fourth-order valence-electron chi connectivity index (χ4n) is 3.76. The molecule has 0 saturated carbocycles. The van der Waals surface area contributed by atoms with Gasteiger partial charge in [0.15, 0.2) is 11.6 Å². The molecule has 0 aliphatic heterocycles. The van der Waals surface area contributed by atoms with E-state index in [1.807, 2.05) is 48.5 Å². The van der Waals surface area contributed by atoms with Gasteiger partial charge < -0.3 is 9.84 Å². The number of phenolic OH excluding ortho intramolecular Hbond substituents is 1. The van der Waals surface area contributed by atoms with Gasteiger partial charge in [0.05, 0.1) is 18.5 Å². The van der Waals surface area contributed by atoms with Crippen molar-refractivity contribution >= 4 is 23.2 Å². The minimum absolute atomic E-state index is 0.0661. The molecule has 0 radical (unpaired) electrons. The number of hydrogen-bond acceptors (Lipinski definition) is 4. The Hall–Kier alpha value is -3.94. The number of halogens is 4. The van der Waals surface area contributed by atoms with Crippen LogP contribution in [0, 0.1) is 18.6 Å². The second-order valence-electron chi connectivity index (χ2n) is 7.84. The summed E-state index contributed by atoms with van der Waals surface area (Å²) in [4.78, 5) is 8.10. The quantitative estimate of drug-likeness (QED) is 0.236. The fraction of sp³-hybridized carbons (Fsp3) is 0.0714. The van der Waals surface area contributed by atoms with E-state index in [1.54, 1.807) is 25.1 Å². The van der Waals surface area contributed by atoms with Crippen molar-refractivity contribution in [2.45, 2.75) is 6.92 Å². The molecule has 5 rings (SSSR count). The van der Waals surface area contributed by atoms with Gasteiger partial charge in [-0.15, -0.1) is 0 Å². The van der Waals surface area contributed by atoms with Gasteiger partial charge in [-0.1, -0.05) is 60.1 Å². The number of nitrogens with zero attached hydrogens (tertiary/aromatic N) is 3. The van der Waals surface area contributed by atoms with Crippen molar-refractivity contribution in [1.29, 1.82) is 0 Å². The Morgan fingerprint density at radius 3 is 2.11 bits per heavy atom. The summed E-state index contributed by atoms with van der Waals surface area (Å²) in [6.07, 6.45) is 1.48. The van der Waals surface area contributed by atoms with E-state index in [4.69, 9.17) is 27.9 Å². The number of rotatable bonds is 4. The molecule has 0 saturated heterocycles. The second kappa shape index (κ2) is 11.4. The molecular weight excluding hydrogens is 519 g/mol. The van der Waals surface area contributed by atoms with Crippen LogP contribution in [0.1, 0.15) is 5.69 Å². The molecular formula is C28H21Cl2F2N3O2. The first-order valence-corrected chi connectivity index (χ1v) is 11.8. The number of hydrogen-bond donors (Lipinski definition) is 1. The average molecular weight is 540 g/mol. The number of aromatic nitrogens is 3. The van der Waals surface area contributed by atoms with Gasteiger partial charge in [-0.3, -0.25) is 4.57 Å². The number of para-hydroxylation sites is 1. The number of phenols is 1. The van der Waals surface area contributed by atoms with Gasteiger partial charge in [0.2, 0.25) is 5.28 Å². The number of aromatic hydroxyl groups is 1. The Labute approximate surface area is 222 Å². The van der Waals surface area contributed by atoms with E-state index in [9.17, 15) is 13.9 Å². The van der Waals surface area contributed by atoms with Crippen molar-refractivity contribution in [1.82, 2.24) is 14.5 Å². The van der Waals surface area contributed by atoms with Crippen LogP contribution < -0.4 is 4.74 Å². The summed E-state index contributed by atoms with van der Waals surface area (Å²) in [7, 11) is 1.33. The van der Waals surface area contributed by atoms with E-state index >= 15 is 0 Å². The van der Waals surface area contributed by atoms with Crippen LogP contribution in [0.3, 0.4) is 0 Å². The maximum Gasteiger partial charge on any atom is 0.208 e. The van der Waals surface area contributed by atoms with Crippen molar-refractivity contribution in [3.05, 3.63) is 113 Å². The molecule has 1 N–H and O–H groups in total. The number of pyridine rings is 1. The summed E-state index contributed by atoms with van der Waals surface area (Å²) >= 11 is 11.9. The molecule has 0 amide bonds. The molecule has 3 aromatic carbocycles. The maximum absolute atomic E-state index is 14.5. The van der Waals surface area contributed by atoms with Gasteiger partial charge in [-0.2, -0.15) is 0 Å². The van der Waals surface area contributed by atoms with Crippen molar-refractivity contribution in [3.63, 3.8) is 0 Å². The molecule has 2 aromatic heterocycles. The summed E-state index contributed by atoms with van der Waals surface area (Å²) in [5, 5.41) is 9.80. The lowest BCUT2D eigenvalue weighted by atomic mass is 10.1. The van der Waals surface area contributed by atoms with Crippen LogP contribution in [0.2, 0.25) is 10.4 Å². The molecule has 0 unspecified atom stereocenters. The Morgan fingerprint density at radius 2 is 1.51 bits per heavy atom. The minimum Gasteiger partial charge on any atom is -0.507 e. The van der Waals surface area contributed by atoms with Crippen LogP contribution >= 0.6 is 23.2 Å². The van der Waals surface area contributed by atoms with Crippen LogP contribution in [0.25, 0.3) is 28.1 Å². The molecule has 37 heavy (non-hydrogen) atoms. The third kappa shape index (κ3) is 5.74. The van der Waals surface area contributed by atoms with Crippen molar-refractivity contribution in [3.8, 4) is 39.6 Å². The number of aryl methyl sites for hydroxylation is 1. The summed E-state index contributed by atoms with van der Waals surface area (Å²) in [5.41, 5.74) is 3.08. The Balaban J connectivity index is 0.000000207. The second-order valence-corrected chi connectivity index (χ2v) is 8.57. The molecule has 0 atom stereocenters. The third-order valence-electron chi connectivity index (χ3n) is 5.45. The third-order valence-corrected chi connectivity index (χ3v) is 5.93. The van der Waals surface area contributed by atoms with Gasteiger partial charge in [0, 0.05) is 29.5 Å². The molecule has 9 heteroatoms. The van der Waals surface area contributed by atoms with Crippen molar-refractivity contribution in [2.24, 2.45) is 0 Å². The van der Waals surface area contributed by atoms with Crippen LogP contribution in [0.15, 0.2) is 85.1 Å². The molecule has 2 heterocycles. The fourth-order valence-corrected chi connectivity index (χ4v) is 4.17. The maximum atomic E-state index is 14.5. The van der Waals surface area contributed by atoms with E-state index in [0.717, 1.165) is 23.3 Å². The first-order chi connectivity index (χ1) is 17.8. The monoisotopic (exact) mass is 539 g/mol. The van der Waals surface area contributed by atoms with Crippen LogP contribution in [-0.4, -0.2) is 26.8 Å². The lowest BCUT2D eigenvalue weighted by Gasteiger charge is -2.13. The van der Waals surface area contributed by atoms with Gasteiger partial charge in [0.25, 0.3) is 0 Å². The standard InChI is InChI=1S/C16H11Cl2F2N3O.C12H10O/c1-8-14(9-3-4-13(17)21-7-9)23(16(18)22-8)15-11(19)5-10(24-2)6-12(15)20;13-12-9-5-4-8-11(12)10-6-2-1-3-7-10/h3-7H,1-2H3;1-9,13H. The number of ether oxygens (including phenoxy) is 1. The zero-order valence-electron chi connectivity index (χ0n) is 19.8. The van der Waals surface area contributed by atoms with E-state index < -0.39 is 11.6 Å². The summed E-state index contributed by atoms with van der Waals surface area (Å²) in [6, 6.07) is 22.6. The summed E-state index contributed by atoms with van der Waals surface area (Å²) < 4.78 is 35.0. The highest BCUT2D eigenvalue weighted by Crippen LogP contribution is 2.34. The number of benzene rings is 3. The summed E-state index contributed by atoms with van der Waals surface area (Å²) in [6.45, 7) is 1.69. The van der Waals surface area contributed by atoms with E-state index in [0.29, 0.717) is 27.9 Å². The predicted octanol–water partition coefficient (Wildman–Crippen LogP) is 7.90. The first kappa shape index (κ1) is 26.1. The van der Waals surface area contributed by atoms with Crippen LogP contribution in [0.5, 0.6) is 11.5 Å². The van der Waals surface area contributed by atoms with E-state index in [-0.39, 0.29) is 16.7 Å². The lowest BCUT2D eigenvalue weighted by Crippen LogP contribution is -2.05. The van der Waals surface area contributed by atoms with Gasteiger partial charge in [-0.25, -0.2) is 18.7 Å². The molecule has 0 aliphatic rings. The van der Waals surface area contributed by atoms with E-state index in [1.165, 1.54) is 17.9 Å². The molecule has 0 bridgehead atoms.